The summed E-state index contributed by atoms with van der Waals surface area (Å²) >= 11 is 8.17. The van der Waals surface area contributed by atoms with Gasteiger partial charge in [0.05, 0.1) is 21.6 Å². The number of thiophene rings is 1. The van der Waals surface area contributed by atoms with Gasteiger partial charge in [0.15, 0.2) is 5.75 Å². The number of thioether (sulfide) groups is 1. The lowest BCUT2D eigenvalue weighted by atomic mass is 10.1. The number of nitrogens with zero attached hydrogens (tertiary/aromatic N) is 3. The topological polar surface area (TPSA) is 80.7 Å². The molecular formula is C12H6ClN3OS2. The Balaban J connectivity index is 2.54. The van der Waals surface area contributed by atoms with E-state index in [4.69, 9.17) is 22.1 Å². The number of rotatable bonds is 3. The van der Waals surface area contributed by atoms with Crippen molar-refractivity contribution in [3.05, 3.63) is 28.4 Å². The molecule has 0 aliphatic carbocycles. The fraction of sp³-hybridized carbons (Fsp3) is 0.0833. The summed E-state index contributed by atoms with van der Waals surface area (Å²) in [4.78, 5) is 4.18. The van der Waals surface area contributed by atoms with Gasteiger partial charge in [0.25, 0.3) is 0 Å². The Morgan fingerprint density at radius 1 is 1.42 bits per heavy atom. The van der Waals surface area contributed by atoms with Crippen molar-refractivity contribution in [3.63, 3.8) is 0 Å². The van der Waals surface area contributed by atoms with Crippen LogP contribution in [0, 0.1) is 22.7 Å². The van der Waals surface area contributed by atoms with Crippen molar-refractivity contribution >= 4 is 34.7 Å². The van der Waals surface area contributed by atoms with E-state index in [1.807, 2.05) is 12.1 Å². The van der Waals surface area contributed by atoms with Crippen LogP contribution in [0.3, 0.4) is 0 Å². The molecule has 7 heteroatoms. The molecule has 0 aliphatic rings. The van der Waals surface area contributed by atoms with Crippen LogP contribution in [0.25, 0.3) is 11.1 Å². The molecule has 2 rings (SSSR count). The van der Waals surface area contributed by atoms with E-state index in [1.165, 1.54) is 29.3 Å². The lowest BCUT2D eigenvalue weighted by Gasteiger charge is -2.02. The molecule has 0 saturated carbocycles. The number of hydrogen-bond acceptors (Lipinski definition) is 6. The van der Waals surface area contributed by atoms with Crippen LogP contribution in [0.4, 0.5) is 0 Å². The molecule has 2 aromatic rings. The second-order valence-electron chi connectivity index (χ2n) is 3.37. The first kappa shape index (κ1) is 13.7. The number of hydrogen-bond donors (Lipinski definition) is 1. The van der Waals surface area contributed by atoms with Crippen molar-refractivity contribution < 1.29 is 5.11 Å². The van der Waals surface area contributed by atoms with Gasteiger partial charge in [-0.15, -0.1) is 11.3 Å². The summed E-state index contributed by atoms with van der Waals surface area (Å²) in [5, 5.41) is 28.0. The SMILES string of the molecule is N#CCSc1sc(C#N)c(O)c1-c1ccc(Cl)nc1. The predicted molar refractivity (Wildman–Crippen MR) is 75.3 cm³/mol. The van der Waals surface area contributed by atoms with Crippen molar-refractivity contribution in [2.24, 2.45) is 0 Å². The van der Waals surface area contributed by atoms with Crippen LogP contribution in [0.2, 0.25) is 5.15 Å². The molecule has 4 nitrogen and oxygen atoms in total. The number of aromatic nitrogens is 1. The zero-order valence-electron chi connectivity index (χ0n) is 9.42. The van der Waals surface area contributed by atoms with Gasteiger partial charge in [-0.3, -0.25) is 0 Å². The minimum absolute atomic E-state index is 0.0722. The van der Waals surface area contributed by atoms with E-state index < -0.39 is 0 Å². The normalized spacial score (nSPS) is 9.84. The molecule has 0 unspecified atom stereocenters. The van der Waals surface area contributed by atoms with Crippen LogP contribution in [0.5, 0.6) is 5.75 Å². The van der Waals surface area contributed by atoms with Crippen LogP contribution >= 0.6 is 34.7 Å². The van der Waals surface area contributed by atoms with E-state index >= 15 is 0 Å². The third kappa shape index (κ3) is 2.82. The van der Waals surface area contributed by atoms with Gasteiger partial charge in [0, 0.05) is 11.8 Å². The van der Waals surface area contributed by atoms with E-state index in [0.717, 1.165) is 4.21 Å². The Labute approximate surface area is 122 Å². The summed E-state index contributed by atoms with van der Waals surface area (Å²) in [6, 6.07) is 7.29. The van der Waals surface area contributed by atoms with Gasteiger partial charge in [-0.2, -0.15) is 10.5 Å². The Morgan fingerprint density at radius 2 is 2.21 bits per heavy atom. The molecule has 0 bridgehead atoms. The van der Waals surface area contributed by atoms with Gasteiger partial charge in [-0.05, 0) is 12.1 Å². The molecule has 0 atom stereocenters. The number of pyridine rings is 1. The molecule has 2 aromatic heterocycles. The highest BCUT2D eigenvalue weighted by molar-refractivity contribution is 8.01. The first-order valence-corrected chi connectivity index (χ1v) is 7.23. The van der Waals surface area contributed by atoms with Crippen molar-refractivity contribution in [2.45, 2.75) is 4.21 Å². The van der Waals surface area contributed by atoms with Gasteiger partial charge >= 0.3 is 0 Å². The number of nitriles is 2. The van der Waals surface area contributed by atoms with Gasteiger partial charge in [0.2, 0.25) is 0 Å². The Kier molecular flexibility index (Phi) is 4.28. The average molecular weight is 308 g/mol. The fourth-order valence-corrected chi connectivity index (χ4v) is 3.53. The van der Waals surface area contributed by atoms with E-state index in [9.17, 15) is 5.11 Å². The van der Waals surface area contributed by atoms with Crippen molar-refractivity contribution in [1.82, 2.24) is 4.98 Å². The lowest BCUT2D eigenvalue weighted by molar-refractivity contribution is 0.477. The first-order chi connectivity index (χ1) is 9.17. The Bertz CT molecular complexity index is 683. The monoisotopic (exact) mass is 307 g/mol. The van der Waals surface area contributed by atoms with Crippen LogP contribution < -0.4 is 0 Å². The highest BCUT2D eigenvalue weighted by atomic mass is 35.5. The summed E-state index contributed by atoms with van der Waals surface area (Å²) in [5.41, 5.74) is 1.20. The molecule has 2 heterocycles. The Hall–Kier alpha value is -1.73. The molecule has 0 saturated heterocycles. The quantitative estimate of drug-likeness (QED) is 0.691. The van der Waals surface area contributed by atoms with Crippen molar-refractivity contribution in [2.75, 3.05) is 5.75 Å². The maximum atomic E-state index is 10.1. The summed E-state index contributed by atoms with van der Waals surface area (Å²) in [7, 11) is 0. The van der Waals surface area contributed by atoms with Crippen LogP contribution in [0.1, 0.15) is 4.88 Å². The van der Waals surface area contributed by atoms with Crippen LogP contribution in [0.15, 0.2) is 22.5 Å². The van der Waals surface area contributed by atoms with Gasteiger partial charge in [-0.1, -0.05) is 23.4 Å². The summed E-state index contributed by atoms with van der Waals surface area (Å²) in [5.74, 6) is 0.177. The van der Waals surface area contributed by atoms with E-state index in [0.29, 0.717) is 16.3 Å². The molecule has 0 aliphatic heterocycles. The average Bonchev–Trinajstić information content (AvgIpc) is 2.74. The largest absolute Gasteiger partial charge is 0.505 e. The second kappa shape index (κ2) is 5.94. The summed E-state index contributed by atoms with van der Waals surface area (Å²) < 4.78 is 0.722. The smallest absolute Gasteiger partial charge is 0.153 e. The first-order valence-electron chi connectivity index (χ1n) is 5.05. The van der Waals surface area contributed by atoms with E-state index in [1.54, 1.807) is 12.1 Å². The third-order valence-electron chi connectivity index (χ3n) is 2.24. The van der Waals surface area contributed by atoms with Crippen molar-refractivity contribution in [3.8, 4) is 29.0 Å². The predicted octanol–water partition coefficient (Wildman–Crippen LogP) is 3.66. The standard InChI is InChI=1S/C12H6ClN3OS2/c13-9-2-1-7(6-16-9)10-11(17)8(5-15)19-12(10)18-4-3-14/h1-2,6,17H,4H2. The van der Waals surface area contributed by atoms with Gasteiger partial charge in [-0.25, -0.2) is 4.98 Å². The summed E-state index contributed by atoms with van der Waals surface area (Å²) in [6.45, 7) is 0. The van der Waals surface area contributed by atoms with Crippen LogP contribution in [-0.2, 0) is 0 Å². The van der Waals surface area contributed by atoms with E-state index in [-0.39, 0.29) is 16.4 Å². The van der Waals surface area contributed by atoms with Crippen LogP contribution in [-0.4, -0.2) is 15.8 Å². The summed E-state index contributed by atoms with van der Waals surface area (Å²) in [6.07, 6.45) is 1.53. The number of halogens is 1. The molecular weight excluding hydrogens is 302 g/mol. The van der Waals surface area contributed by atoms with Crippen molar-refractivity contribution in [1.29, 1.82) is 10.5 Å². The maximum absolute atomic E-state index is 10.1. The maximum Gasteiger partial charge on any atom is 0.153 e. The lowest BCUT2D eigenvalue weighted by Crippen LogP contribution is -1.81. The minimum atomic E-state index is -0.0722. The van der Waals surface area contributed by atoms with Gasteiger partial charge in [0.1, 0.15) is 16.1 Å². The molecule has 0 amide bonds. The fourth-order valence-electron chi connectivity index (χ4n) is 1.46. The molecule has 0 fully saturated rings. The molecule has 1 N–H and O–H groups in total. The molecule has 0 radical (unpaired) electrons. The molecule has 19 heavy (non-hydrogen) atoms. The highest BCUT2D eigenvalue weighted by Crippen LogP contribution is 2.46. The van der Waals surface area contributed by atoms with E-state index in [2.05, 4.69) is 4.98 Å². The highest BCUT2D eigenvalue weighted by Gasteiger charge is 2.19. The minimum Gasteiger partial charge on any atom is -0.505 e. The molecule has 0 aromatic carbocycles. The Morgan fingerprint density at radius 3 is 2.79 bits per heavy atom. The molecule has 94 valence electrons. The third-order valence-corrected chi connectivity index (χ3v) is 4.68. The zero-order chi connectivity index (χ0) is 13.8. The zero-order valence-corrected chi connectivity index (χ0v) is 11.8. The number of aromatic hydroxyl groups is 1. The molecule has 0 spiro atoms. The second-order valence-corrected chi connectivity index (χ2v) is 6.02. The van der Waals surface area contributed by atoms with Gasteiger partial charge < -0.3 is 5.11 Å².